The minimum Gasteiger partial charge on any atom is -0.341 e. The Labute approximate surface area is 137 Å². The Morgan fingerprint density at radius 1 is 1.18 bits per heavy atom. The predicted molar refractivity (Wildman–Crippen MR) is 90.1 cm³/mol. The molecule has 0 aromatic carbocycles. The van der Waals surface area contributed by atoms with Crippen LogP contribution in [-0.2, 0) is 11.2 Å². The highest BCUT2D eigenvalue weighted by Crippen LogP contribution is 2.34. The summed E-state index contributed by atoms with van der Waals surface area (Å²) in [6, 6.07) is 3.30. The Morgan fingerprint density at radius 2 is 2.05 bits per heavy atom. The Balaban J connectivity index is 1.35. The van der Waals surface area contributed by atoms with Crippen LogP contribution in [0, 0.1) is 5.92 Å². The van der Waals surface area contributed by atoms with Gasteiger partial charge in [0, 0.05) is 36.0 Å². The van der Waals surface area contributed by atoms with Crippen LogP contribution in [0.25, 0.3) is 0 Å². The molecule has 4 heteroatoms. The molecule has 1 saturated heterocycles. The quantitative estimate of drug-likeness (QED) is 0.925. The monoisotopic (exact) mass is 318 g/mol. The van der Waals surface area contributed by atoms with E-state index in [1.807, 2.05) is 11.3 Å². The lowest BCUT2D eigenvalue weighted by Crippen LogP contribution is -2.39. The highest BCUT2D eigenvalue weighted by atomic mass is 32.1. The lowest BCUT2D eigenvalue weighted by molar-refractivity contribution is -0.134. The minimum absolute atomic E-state index is 0.330. The zero-order valence-electron chi connectivity index (χ0n) is 13.2. The van der Waals surface area contributed by atoms with E-state index in [1.165, 1.54) is 37.7 Å². The third-order valence-electron chi connectivity index (χ3n) is 5.69. The van der Waals surface area contributed by atoms with Crippen molar-refractivity contribution in [1.82, 2.24) is 10.2 Å². The number of nitrogens with one attached hydrogen (secondary N) is 1. The summed E-state index contributed by atoms with van der Waals surface area (Å²) in [6.07, 6.45) is 9.64. The molecule has 0 bridgehead atoms. The number of carbonyl (C=O) groups is 1. The summed E-state index contributed by atoms with van der Waals surface area (Å²) < 4.78 is 0. The minimum atomic E-state index is 0.330. The fourth-order valence-electron chi connectivity index (χ4n) is 4.47. The van der Waals surface area contributed by atoms with Gasteiger partial charge in [0.1, 0.15) is 0 Å². The van der Waals surface area contributed by atoms with E-state index in [1.54, 1.807) is 4.88 Å². The van der Waals surface area contributed by atoms with Gasteiger partial charge in [-0.1, -0.05) is 12.8 Å². The van der Waals surface area contributed by atoms with Crippen molar-refractivity contribution < 1.29 is 4.79 Å². The molecule has 2 fully saturated rings. The molecule has 1 N–H and O–H groups in total. The van der Waals surface area contributed by atoms with Crippen LogP contribution in [0.5, 0.6) is 0 Å². The van der Waals surface area contributed by atoms with Crippen molar-refractivity contribution in [1.29, 1.82) is 0 Å². The lowest BCUT2D eigenvalue weighted by atomic mass is 9.93. The normalized spacial score (nSPS) is 29.0. The van der Waals surface area contributed by atoms with E-state index < -0.39 is 0 Å². The van der Waals surface area contributed by atoms with Gasteiger partial charge in [0.05, 0.1) is 0 Å². The number of carbonyl (C=O) groups excluding carboxylic acids is 1. The van der Waals surface area contributed by atoms with E-state index in [9.17, 15) is 4.79 Å². The van der Waals surface area contributed by atoms with Gasteiger partial charge < -0.3 is 10.2 Å². The summed E-state index contributed by atoms with van der Waals surface area (Å²) in [4.78, 5) is 16.2. The summed E-state index contributed by atoms with van der Waals surface area (Å²) in [5, 5.41) is 6.08. The fourth-order valence-corrected chi connectivity index (χ4v) is 5.46. The molecule has 2 heterocycles. The molecule has 0 spiro atoms. The second-order valence-electron chi connectivity index (χ2n) is 7.16. The number of amides is 1. The first-order valence-electron chi connectivity index (χ1n) is 8.92. The molecule has 22 heavy (non-hydrogen) atoms. The molecular formula is C18H26N2OS. The second-order valence-corrected chi connectivity index (χ2v) is 8.16. The first-order chi connectivity index (χ1) is 10.8. The van der Waals surface area contributed by atoms with Crippen LogP contribution in [-0.4, -0.2) is 29.9 Å². The van der Waals surface area contributed by atoms with Gasteiger partial charge >= 0.3 is 0 Å². The number of hydrogen-bond donors (Lipinski definition) is 1. The lowest BCUT2D eigenvalue weighted by Gasteiger charge is -2.27. The van der Waals surface area contributed by atoms with E-state index >= 15 is 0 Å². The van der Waals surface area contributed by atoms with Crippen LogP contribution in [0.1, 0.15) is 61.4 Å². The molecule has 0 radical (unpaired) electrons. The van der Waals surface area contributed by atoms with Gasteiger partial charge in [-0.3, -0.25) is 4.79 Å². The van der Waals surface area contributed by atoms with Gasteiger partial charge in [0.2, 0.25) is 5.91 Å². The van der Waals surface area contributed by atoms with Gasteiger partial charge in [-0.05, 0) is 55.5 Å². The van der Waals surface area contributed by atoms with Crippen molar-refractivity contribution in [2.24, 2.45) is 5.92 Å². The van der Waals surface area contributed by atoms with Crippen molar-refractivity contribution in [3.8, 4) is 0 Å². The maximum absolute atomic E-state index is 12.5. The third kappa shape index (κ3) is 2.83. The van der Waals surface area contributed by atoms with Gasteiger partial charge in [0.25, 0.3) is 0 Å². The molecule has 3 nitrogen and oxygen atoms in total. The predicted octanol–water partition coefficient (Wildman–Crippen LogP) is 3.51. The number of fused-ring (bicyclic) bond motifs is 1. The molecule has 1 aliphatic heterocycles. The van der Waals surface area contributed by atoms with Crippen molar-refractivity contribution in [3.05, 3.63) is 21.9 Å². The Bertz CT molecular complexity index is 535. The average molecular weight is 318 g/mol. The number of rotatable bonds is 3. The molecular weight excluding hydrogens is 292 g/mol. The van der Waals surface area contributed by atoms with Crippen molar-refractivity contribution in [3.63, 3.8) is 0 Å². The van der Waals surface area contributed by atoms with Gasteiger partial charge in [0.15, 0.2) is 0 Å². The summed E-state index contributed by atoms with van der Waals surface area (Å²) in [7, 11) is 0. The highest BCUT2D eigenvalue weighted by molar-refractivity contribution is 7.10. The number of hydrogen-bond acceptors (Lipinski definition) is 3. The van der Waals surface area contributed by atoms with E-state index in [-0.39, 0.29) is 0 Å². The number of likely N-dealkylation sites (tertiary alicyclic amines) is 1. The molecule has 1 aromatic heterocycles. The van der Waals surface area contributed by atoms with E-state index in [0.29, 0.717) is 23.9 Å². The molecule has 1 amide bonds. The van der Waals surface area contributed by atoms with Crippen LogP contribution >= 0.6 is 11.3 Å². The van der Waals surface area contributed by atoms with Crippen molar-refractivity contribution >= 4 is 17.2 Å². The molecule has 0 unspecified atom stereocenters. The van der Waals surface area contributed by atoms with Crippen molar-refractivity contribution in [2.75, 3.05) is 13.1 Å². The van der Waals surface area contributed by atoms with Crippen LogP contribution in [0.3, 0.4) is 0 Å². The Hall–Kier alpha value is -0.870. The zero-order valence-corrected chi connectivity index (χ0v) is 14.0. The average Bonchev–Trinajstić information content (AvgIpc) is 3.28. The standard InChI is InChI=1S/C18H26N2OS/c21-18(13-4-1-2-5-13)20-10-8-14(12-20)19-16-6-3-7-17-15(16)9-11-22-17/h9,11,13-14,16,19H,1-8,10,12H2/t14-,16-/m0/s1. The third-order valence-corrected chi connectivity index (χ3v) is 6.69. The molecule has 3 aliphatic rings. The molecule has 1 saturated carbocycles. The summed E-state index contributed by atoms with van der Waals surface area (Å²) in [5.41, 5.74) is 1.52. The smallest absolute Gasteiger partial charge is 0.225 e. The molecule has 2 atom stereocenters. The summed E-state index contributed by atoms with van der Waals surface area (Å²) in [5.74, 6) is 0.763. The van der Waals surface area contributed by atoms with Gasteiger partial charge in [-0.25, -0.2) is 0 Å². The molecule has 120 valence electrons. The van der Waals surface area contributed by atoms with Gasteiger partial charge in [-0.15, -0.1) is 11.3 Å². The number of nitrogens with zero attached hydrogens (tertiary/aromatic N) is 1. The summed E-state index contributed by atoms with van der Waals surface area (Å²) >= 11 is 1.90. The van der Waals surface area contributed by atoms with Crippen molar-refractivity contribution in [2.45, 2.75) is 63.5 Å². The van der Waals surface area contributed by atoms with E-state index in [4.69, 9.17) is 0 Å². The Morgan fingerprint density at radius 3 is 2.91 bits per heavy atom. The largest absolute Gasteiger partial charge is 0.341 e. The molecule has 1 aromatic rings. The zero-order chi connectivity index (χ0) is 14.9. The number of aryl methyl sites for hydroxylation is 1. The topological polar surface area (TPSA) is 32.3 Å². The number of thiophene rings is 1. The maximum atomic E-state index is 12.5. The SMILES string of the molecule is O=C(C1CCCC1)N1CC[C@H](N[C@H]2CCCc3sccc32)C1. The van der Waals surface area contributed by atoms with E-state index in [0.717, 1.165) is 32.4 Å². The fraction of sp³-hybridized carbons (Fsp3) is 0.722. The molecule has 2 aliphatic carbocycles. The maximum Gasteiger partial charge on any atom is 0.225 e. The van der Waals surface area contributed by atoms with Crippen LogP contribution in [0.2, 0.25) is 0 Å². The Kier molecular flexibility index (Phi) is 4.23. The second kappa shape index (κ2) is 6.32. The first-order valence-corrected chi connectivity index (χ1v) is 9.80. The van der Waals surface area contributed by atoms with E-state index in [2.05, 4.69) is 21.7 Å². The first kappa shape index (κ1) is 14.7. The van der Waals surface area contributed by atoms with Crippen LogP contribution in [0.4, 0.5) is 0 Å². The summed E-state index contributed by atoms with van der Waals surface area (Å²) in [6.45, 7) is 1.88. The molecule has 4 rings (SSSR count). The van der Waals surface area contributed by atoms with Crippen LogP contribution < -0.4 is 5.32 Å². The highest BCUT2D eigenvalue weighted by Gasteiger charge is 2.33. The van der Waals surface area contributed by atoms with Gasteiger partial charge in [-0.2, -0.15) is 0 Å². The van der Waals surface area contributed by atoms with Crippen LogP contribution in [0.15, 0.2) is 11.4 Å².